The lowest BCUT2D eigenvalue weighted by Gasteiger charge is -2.41. The van der Waals surface area contributed by atoms with Crippen LogP contribution in [0.3, 0.4) is 0 Å². The number of ether oxygens (including phenoxy) is 1. The van der Waals surface area contributed by atoms with E-state index in [2.05, 4.69) is 66.6 Å². The standard InChI is InChI=1S/C19H26INO2/c1-11(2)14-7-5-12(9-16(14)20)15-10-13-6-8-17(21(13)3)18(15)19(22)23-4/h5,7,9,11,13,15,17-18H,6,8,10H2,1-4H3. The highest BCUT2D eigenvalue weighted by Gasteiger charge is 2.49. The van der Waals surface area contributed by atoms with Crippen LogP contribution in [0.1, 0.15) is 56.1 Å². The number of nitrogens with zero attached hydrogens (tertiary/aromatic N) is 1. The molecule has 126 valence electrons. The number of benzene rings is 1. The summed E-state index contributed by atoms with van der Waals surface area (Å²) in [5.41, 5.74) is 2.69. The third kappa shape index (κ3) is 3.04. The molecule has 2 heterocycles. The van der Waals surface area contributed by atoms with E-state index in [0.29, 0.717) is 18.0 Å². The molecule has 4 heteroatoms. The molecule has 4 unspecified atom stereocenters. The number of esters is 1. The lowest BCUT2D eigenvalue weighted by Crippen LogP contribution is -2.49. The van der Waals surface area contributed by atoms with Gasteiger partial charge in [-0.05, 0) is 72.0 Å². The average molecular weight is 427 g/mol. The van der Waals surface area contributed by atoms with Gasteiger partial charge in [0.25, 0.3) is 0 Å². The first-order chi connectivity index (χ1) is 10.9. The van der Waals surface area contributed by atoms with Crippen LogP contribution >= 0.6 is 22.6 Å². The zero-order chi connectivity index (χ0) is 16.7. The Morgan fingerprint density at radius 3 is 2.70 bits per heavy atom. The molecule has 1 aromatic carbocycles. The molecule has 0 aliphatic carbocycles. The van der Waals surface area contributed by atoms with E-state index in [-0.39, 0.29) is 17.8 Å². The van der Waals surface area contributed by atoms with Gasteiger partial charge >= 0.3 is 5.97 Å². The third-order valence-corrected chi connectivity index (χ3v) is 6.75. The molecule has 3 rings (SSSR count). The Hall–Kier alpha value is -0.620. The molecule has 3 nitrogen and oxygen atoms in total. The molecule has 4 atom stereocenters. The van der Waals surface area contributed by atoms with E-state index in [0.717, 1.165) is 12.8 Å². The molecule has 2 aliphatic heterocycles. The molecular formula is C19H26INO2. The van der Waals surface area contributed by atoms with Crippen molar-refractivity contribution >= 4 is 28.6 Å². The first-order valence-electron chi connectivity index (χ1n) is 8.53. The van der Waals surface area contributed by atoms with Crippen molar-refractivity contribution in [3.05, 3.63) is 32.9 Å². The maximum absolute atomic E-state index is 12.5. The highest BCUT2D eigenvalue weighted by Crippen LogP contribution is 2.47. The van der Waals surface area contributed by atoms with E-state index < -0.39 is 0 Å². The lowest BCUT2D eigenvalue weighted by atomic mass is 9.76. The van der Waals surface area contributed by atoms with E-state index >= 15 is 0 Å². The number of hydrogen-bond acceptors (Lipinski definition) is 3. The van der Waals surface area contributed by atoms with E-state index in [9.17, 15) is 4.79 Å². The second kappa shape index (κ2) is 6.71. The topological polar surface area (TPSA) is 29.5 Å². The molecule has 2 saturated heterocycles. The summed E-state index contributed by atoms with van der Waals surface area (Å²) >= 11 is 2.43. The Labute approximate surface area is 152 Å². The monoisotopic (exact) mass is 427 g/mol. The van der Waals surface area contributed by atoms with E-state index in [1.54, 1.807) is 0 Å². The Morgan fingerprint density at radius 1 is 1.35 bits per heavy atom. The van der Waals surface area contributed by atoms with Gasteiger partial charge in [-0.15, -0.1) is 0 Å². The maximum atomic E-state index is 12.5. The number of rotatable bonds is 3. The molecule has 0 N–H and O–H groups in total. The molecule has 2 bridgehead atoms. The Balaban J connectivity index is 1.96. The van der Waals surface area contributed by atoms with Crippen LogP contribution in [0, 0.1) is 9.49 Å². The Morgan fingerprint density at radius 2 is 2.09 bits per heavy atom. The number of hydrogen-bond donors (Lipinski definition) is 0. The van der Waals surface area contributed by atoms with Gasteiger partial charge in [0.05, 0.1) is 13.0 Å². The van der Waals surface area contributed by atoms with Crippen LogP contribution in [0.5, 0.6) is 0 Å². The number of carbonyl (C=O) groups is 1. The lowest BCUT2D eigenvalue weighted by molar-refractivity contribution is -0.150. The van der Waals surface area contributed by atoms with Crippen molar-refractivity contribution in [1.82, 2.24) is 4.90 Å². The van der Waals surface area contributed by atoms with E-state index in [4.69, 9.17) is 4.74 Å². The van der Waals surface area contributed by atoms with Gasteiger partial charge in [0.15, 0.2) is 0 Å². The van der Waals surface area contributed by atoms with Gasteiger partial charge in [-0.3, -0.25) is 9.69 Å². The number of carbonyl (C=O) groups excluding carboxylic acids is 1. The van der Waals surface area contributed by atoms with Crippen LogP contribution in [0.4, 0.5) is 0 Å². The van der Waals surface area contributed by atoms with Crippen molar-refractivity contribution in [2.75, 3.05) is 14.2 Å². The minimum Gasteiger partial charge on any atom is -0.469 e. The van der Waals surface area contributed by atoms with E-state index in [1.165, 1.54) is 28.2 Å². The molecule has 2 fully saturated rings. The van der Waals surface area contributed by atoms with Crippen LogP contribution in [0.2, 0.25) is 0 Å². The summed E-state index contributed by atoms with van der Waals surface area (Å²) in [6.07, 6.45) is 3.37. The maximum Gasteiger partial charge on any atom is 0.310 e. The minimum absolute atomic E-state index is 0.0375. The fourth-order valence-electron chi connectivity index (χ4n) is 4.51. The smallest absolute Gasteiger partial charge is 0.310 e. The molecule has 23 heavy (non-hydrogen) atoms. The number of piperidine rings is 1. The second-order valence-electron chi connectivity index (χ2n) is 7.29. The van der Waals surface area contributed by atoms with Gasteiger partial charge in [-0.2, -0.15) is 0 Å². The summed E-state index contributed by atoms with van der Waals surface area (Å²) in [5, 5.41) is 0. The second-order valence-corrected chi connectivity index (χ2v) is 8.45. The summed E-state index contributed by atoms with van der Waals surface area (Å²) < 4.78 is 6.48. The number of halogens is 1. The van der Waals surface area contributed by atoms with Crippen molar-refractivity contribution in [2.24, 2.45) is 5.92 Å². The Bertz CT molecular complexity index is 601. The van der Waals surface area contributed by atoms with Gasteiger partial charge in [-0.1, -0.05) is 26.0 Å². The van der Waals surface area contributed by atoms with E-state index in [1.807, 2.05) is 0 Å². The van der Waals surface area contributed by atoms with Crippen molar-refractivity contribution in [1.29, 1.82) is 0 Å². The predicted octanol–water partition coefficient (Wildman–Crippen LogP) is 4.15. The Kier molecular flexibility index (Phi) is 5.02. The minimum atomic E-state index is -0.0462. The number of fused-ring (bicyclic) bond motifs is 2. The zero-order valence-electron chi connectivity index (χ0n) is 14.4. The first kappa shape index (κ1) is 17.2. The van der Waals surface area contributed by atoms with Gasteiger partial charge < -0.3 is 4.74 Å². The highest BCUT2D eigenvalue weighted by molar-refractivity contribution is 14.1. The molecule has 0 spiro atoms. The van der Waals surface area contributed by atoms with Gasteiger partial charge in [-0.25, -0.2) is 0 Å². The normalized spacial score (nSPS) is 30.7. The van der Waals surface area contributed by atoms with Crippen LogP contribution in [0.15, 0.2) is 18.2 Å². The molecule has 2 aliphatic rings. The summed E-state index contributed by atoms with van der Waals surface area (Å²) in [4.78, 5) is 14.9. The summed E-state index contributed by atoms with van der Waals surface area (Å²) in [6, 6.07) is 7.71. The molecule has 0 saturated carbocycles. The van der Waals surface area contributed by atoms with Crippen molar-refractivity contribution < 1.29 is 9.53 Å². The van der Waals surface area contributed by atoms with Crippen molar-refractivity contribution in [2.45, 2.75) is 57.0 Å². The molecule has 1 aromatic rings. The van der Waals surface area contributed by atoms with Crippen LogP contribution < -0.4 is 0 Å². The van der Waals surface area contributed by atoms with Crippen LogP contribution in [0.25, 0.3) is 0 Å². The molecule has 0 aromatic heterocycles. The largest absolute Gasteiger partial charge is 0.469 e. The average Bonchev–Trinajstić information content (AvgIpc) is 2.76. The van der Waals surface area contributed by atoms with Gasteiger partial charge in [0.2, 0.25) is 0 Å². The third-order valence-electron chi connectivity index (χ3n) is 5.82. The van der Waals surface area contributed by atoms with Gasteiger partial charge in [0.1, 0.15) is 0 Å². The molecule has 0 amide bonds. The summed E-state index contributed by atoms with van der Waals surface area (Å²) in [6.45, 7) is 4.45. The van der Waals surface area contributed by atoms with Crippen LogP contribution in [-0.4, -0.2) is 37.1 Å². The van der Waals surface area contributed by atoms with Crippen molar-refractivity contribution in [3.8, 4) is 0 Å². The van der Waals surface area contributed by atoms with Crippen LogP contribution in [-0.2, 0) is 9.53 Å². The number of methoxy groups -OCH3 is 1. The summed E-state index contributed by atoms with van der Waals surface area (Å²) in [7, 11) is 3.69. The van der Waals surface area contributed by atoms with Crippen molar-refractivity contribution in [3.63, 3.8) is 0 Å². The zero-order valence-corrected chi connectivity index (χ0v) is 16.5. The van der Waals surface area contributed by atoms with Gasteiger partial charge in [0, 0.05) is 21.6 Å². The molecule has 0 radical (unpaired) electrons. The fraction of sp³-hybridized carbons (Fsp3) is 0.632. The predicted molar refractivity (Wildman–Crippen MR) is 101 cm³/mol. The SMILES string of the molecule is COC(=O)C1C(c2ccc(C(C)C)c(I)c2)CC2CCC1N2C. The highest BCUT2D eigenvalue weighted by atomic mass is 127. The fourth-order valence-corrected chi connectivity index (χ4v) is 5.67. The summed E-state index contributed by atoms with van der Waals surface area (Å²) in [5.74, 6) is 0.728. The first-order valence-corrected chi connectivity index (χ1v) is 9.61. The molecular weight excluding hydrogens is 401 g/mol. The quantitative estimate of drug-likeness (QED) is 0.536.